The van der Waals surface area contributed by atoms with Crippen molar-refractivity contribution >= 4 is 22.6 Å². The molecule has 2 rings (SSSR count). The summed E-state index contributed by atoms with van der Waals surface area (Å²) >= 11 is 2.12. The molecule has 6 nitrogen and oxygen atoms in total. The first-order valence-corrected chi connectivity index (χ1v) is 6.60. The summed E-state index contributed by atoms with van der Waals surface area (Å²) in [6.07, 6.45) is 1.86. The van der Waals surface area contributed by atoms with E-state index in [1.54, 1.807) is 26.0 Å². The maximum atomic E-state index is 5.31. The number of methoxy groups -OCH3 is 3. The zero-order chi connectivity index (χ0) is 13.8. The van der Waals surface area contributed by atoms with E-state index in [4.69, 9.17) is 14.2 Å². The highest BCUT2D eigenvalue weighted by Crippen LogP contribution is 2.38. The zero-order valence-electron chi connectivity index (χ0n) is 10.9. The predicted molar refractivity (Wildman–Crippen MR) is 77.9 cm³/mol. The Morgan fingerprint density at radius 2 is 1.74 bits per heavy atom. The highest BCUT2D eigenvalue weighted by molar-refractivity contribution is 14.1. The van der Waals surface area contributed by atoms with Crippen LogP contribution in [0.4, 0.5) is 0 Å². The van der Waals surface area contributed by atoms with Gasteiger partial charge in [-0.15, -0.1) is 5.10 Å². The summed E-state index contributed by atoms with van der Waals surface area (Å²) < 4.78 is 18.5. The minimum absolute atomic E-state index is 0.585. The van der Waals surface area contributed by atoms with Gasteiger partial charge in [0.15, 0.2) is 11.5 Å². The van der Waals surface area contributed by atoms with Crippen molar-refractivity contribution in [2.75, 3.05) is 21.3 Å². The Balaban J connectivity index is 2.35. The van der Waals surface area contributed by atoms with Gasteiger partial charge < -0.3 is 14.2 Å². The van der Waals surface area contributed by atoms with Crippen LogP contribution in [-0.2, 0) is 6.54 Å². The van der Waals surface area contributed by atoms with E-state index in [1.807, 2.05) is 18.3 Å². The number of benzene rings is 1. The summed E-state index contributed by atoms with van der Waals surface area (Å²) in [5, 5.41) is 7.96. The Bertz CT molecular complexity index is 546. The molecule has 0 aliphatic carbocycles. The number of ether oxygens (including phenoxy) is 3. The molecule has 0 unspecified atom stereocenters. The van der Waals surface area contributed by atoms with Crippen molar-refractivity contribution in [3.8, 4) is 17.2 Å². The van der Waals surface area contributed by atoms with Crippen LogP contribution in [0.25, 0.3) is 0 Å². The molecule has 0 saturated heterocycles. The molecule has 0 fully saturated rings. The molecule has 0 radical (unpaired) electrons. The van der Waals surface area contributed by atoms with Gasteiger partial charge >= 0.3 is 0 Å². The number of hydrogen-bond acceptors (Lipinski definition) is 5. The van der Waals surface area contributed by atoms with Gasteiger partial charge in [0.25, 0.3) is 0 Å². The van der Waals surface area contributed by atoms with Crippen LogP contribution < -0.4 is 14.2 Å². The maximum absolute atomic E-state index is 5.31. The molecule has 7 heteroatoms. The van der Waals surface area contributed by atoms with E-state index in [-0.39, 0.29) is 0 Å². The quantitative estimate of drug-likeness (QED) is 0.748. The van der Waals surface area contributed by atoms with E-state index in [9.17, 15) is 0 Å². The Morgan fingerprint density at radius 1 is 1.11 bits per heavy atom. The van der Waals surface area contributed by atoms with Crippen LogP contribution >= 0.6 is 22.6 Å². The second-order valence-electron chi connectivity index (χ2n) is 3.77. The van der Waals surface area contributed by atoms with E-state index in [0.717, 1.165) is 9.26 Å². The summed E-state index contributed by atoms with van der Waals surface area (Å²) in [5.74, 6) is 1.85. The van der Waals surface area contributed by atoms with Crippen LogP contribution in [0.15, 0.2) is 18.3 Å². The number of aromatic nitrogens is 3. The van der Waals surface area contributed by atoms with Gasteiger partial charge in [-0.25, -0.2) is 4.68 Å². The van der Waals surface area contributed by atoms with Gasteiger partial charge in [0.05, 0.1) is 34.1 Å². The van der Waals surface area contributed by atoms with Crippen molar-refractivity contribution < 1.29 is 14.2 Å². The molecule has 0 amide bonds. The standard InChI is InChI=1S/C12H14IN3O3/c1-17-9-4-8(5-10(18-2)12(9)19-3)6-16-7-11(13)14-15-16/h4-5,7H,6H2,1-3H3. The molecule has 0 saturated carbocycles. The van der Waals surface area contributed by atoms with E-state index < -0.39 is 0 Å². The summed E-state index contributed by atoms with van der Waals surface area (Å²) in [5.41, 5.74) is 0.996. The Morgan fingerprint density at radius 3 is 2.16 bits per heavy atom. The molecule has 0 N–H and O–H groups in total. The molecule has 102 valence electrons. The Kier molecular flexibility index (Phi) is 4.46. The van der Waals surface area contributed by atoms with Crippen molar-refractivity contribution in [1.82, 2.24) is 15.0 Å². The summed E-state index contributed by atoms with van der Waals surface area (Å²) in [7, 11) is 4.78. The predicted octanol–water partition coefficient (Wildman–Crippen LogP) is 1.96. The molecule has 0 bridgehead atoms. The average molecular weight is 375 g/mol. The second-order valence-corrected chi connectivity index (χ2v) is 4.88. The number of nitrogens with zero attached hydrogens (tertiary/aromatic N) is 3. The van der Waals surface area contributed by atoms with Crippen molar-refractivity contribution in [1.29, 1.82) is 0 Å². The fraction of sp³-hybridized carbons (Fsp3) is 0.333. The molecule has 0 aliphatic heterocycles. The Labute approximate surface area is 124 Å². The van der Waals surface area contributed by atoms with Crippen molar-refractivity contribution in [3.05, 3.63) is 27.6 Å². The highest BCUT2D eigenvalue weighted by atomic mass is 127. The van der Waals surface area contributed by atoms with Gasteiger partial charge in [0, 0.05) is 0 Å². The molecule has 0 spiro atoms. The van der Waals surface area contributed by atoms with Crippen LogP contribution in [0.1, 0.15) is 5.56 Å². The fourth-order valence-corrected chi connectivity index (χ4v) is 2.18. The minimum Gasteiger partial charge on any atom is -0.493 e. The SMILES string of the molecule is COc1cc(Cn2cc(I)nn2)cc(OC)c1OC. The first kappa shape index (κ1) is 13.9. The maximum Gasteiger partial charge on any atom is 0.203 e. The lowest BCUT2D eigenvalue weighted by Gasteiger charge is -2.14. The third-order valence-corrected chi connectivity index (χ3v) is 3.07. The second kappa shape index (κ2) is 6.09. The Hall–Kier alpha value is -1.51. The van der Waals surface area contributed by atoms with Gasteiger partial charge in [-0.2, -0.15) is 0 Å². The van der Waals surface area contributed by atoms with Crippen molar-refractivity contribution in [2.45, 2.75) is 6.54 Å². The highest BCUT2D eigenvalue weighted by Gasteiger charge is 2.13. The van der Waals surface area contributed by atoms with Crippen LogP contribution in [0.5, 0.6) is 17.2 Å². The number of halogens is 1. The lowest BCUT2D eigenvalue weighted by atomic mass is 10.2. The third kappa shape index (κ3) is 3.09. The first-order valence-electron chi connectivity index (χ1n) is 5.52. The van der Waals surface area contributed by atoms with Crippen LogP contribution in [0.2, 0.25) is 0 Å². The molecular weight excluding hydrogens is 361 g/mol. The van der Waals surface area contributed by atoms with Crippen LogP contribution in [-0.4, -0.2) is 36.3 Å². The lowest BCUT2D eigenvalue weighted by molar-refractivity contribution is 0.323. The van der Waals surface area contributed by atoms with Crippen molar-refractivity contribution in [2.24, 2.45) is 0 Å². The summed E-state index contributed by atoms with van der Waals surface area (Å²) in [6.45, 7) is 0.590. The van der Waals surface area contributed by atoms with Crippen molar-refractivity contribution in [3.63, 3.8) is 0 Å². The molecular formula is C12H14IN3O3. The average Bonchev–Trinajstić information content (AvgIpc) is 2.82. The summed E-state index contributed by atoms with van der Waals surface area (Å²) in [6, 6.07) is 3.80. The minimum atomic E-state index is 0.585. The van der Waals surface area contributed by atoms with Gasteiger partial charge in [0.1, 0.15) is 3.70 Å². The van der Waals surface area contributed by atoms with Crippen LogP contribution in [0.3, 0.4) is 0 Å². The lowest BCUT2D eigenvalue weighted by Crippen LogP contribution is -2.03. The van der Waals surface area contributed by atoms with Gasteiger partial charge in [-0.3, -0.25) is 0 Å². The molecule has 1 aromatic heterocycles. The normalized spacial score (nSPS) is 10.3. The zero-order valence-corrected chi connectivity index (χ0v) is 13.0. The van der Waals surface area contributed by atoms with E-state index in [0.29, 0.717) is 23.8 Å². The molecule has 0 atom stereocenters. The smallest absolute Gasteiger partial charge is 0.203 e. The summed E-state index contributed by atoms with van der Waals surface area (Å²) in [4.78, 5) is 0. The van der Waals surface area contributed by atoms with Gasteiger partial charge in [-0.1, -0.05) is 5.21 Å². The molecule has 19 heavy (non-hydrogen) atoms. The van der Waals surface area contributed by atoms with E-state index >= 15 is 0 Å². The van der Waals surface area contributed by atoms with Gasteiger partial charge in [0.2, 0.25) is 5.75 Å². The topological polar surface area (TPSA) is 58.4 Å². The molecule has 1 aromatic carbocycles. The molecule has 0 aliphatic rings. The molecule has 1 heterocycles. The third-order valence-electron chi connectivity index (χ3n) is 2.58. The first-order chi connectivity index (χ1) is 9.17. The number of rotatable bonds is 5. The molecule has 2 aromatic rings. The fourth-order valence-electron chi connectivity index (χ4n) is 1.77. The van der Waals surface area contributed by atoms with E-state index in [1.165, 1.54) is 0 Å². The van der Waals surface area contributed by atoms with Crippen LogP contribution in [0, 0.1) is 3.70 Å². The van der Waals surface area contributed by atoms with E-state index in [2.05, 4.69) is 32.9 Å². The largest absolute Gasteiger partial charge is 0.493 e. The monoisotopic (exact) mass is 375 g/mol. The number of hydrogen-bond donors (Lipinski definition) is 0. The van der Waals surface area contributed by atoms with Gasteiger partial charge in [-0.05, 0) is 40.3 Å².